The van der Waals surface area contributed by atoms with Crippen LogP contribution in [0.2, 0.25) is 0 Å². The Morgan fingerprint density at radius 3 is 3.14 bits per heavy atom. The minimum absolute atomic E-state index is 0.214. The van der Waals surface area contributed by atoms with Gasteiger partial charge in [0.25, 0.3) is 0 Å². The molecule has 0 aliphatic rings. The summed E-state index contributed by atoms with van der Waals surface area (Å²) in [6.07, 6.45) is 3.35. The van der Waals surface area contributed by atoms with Gasteiger partial charge in [-0.05, 0) is 6.07 Å². The first-order valence-corrected chi connectivity index (χ1v) is 4.16. The van der Waals surface area contributed by atoms with Gasteiger partial charge in [-0.25, -0.2) is 9.50 Å². The average Bonchev–Trinajstić information content (AvgIpc) is 2.66. The summed E-state index contributed by atoms with van der Waals surface area (Å²) in [5.74, 6) is -0.560. The molecule has 1 atom stereocenters. The highest BCUT2D eigenvalue weighted by atomic mass is 16.3. The maximum absolute atomic E-state index is 8.92. The Morgan fingerprint density at radius 2 is 2.43 bits per heavy atom. The third-order valence-electron chi connectivity index (χ3n) is 1.97. The maximum Gasteiger partial charge on any atom is 0.155 e. The average molecular weight is 188 g/mol. The number of nitrogens with zero attached hydrogens (tertiary/aromatic N) is 4. The van der Waals surface area contributed by atoms with Crippen LogP contribution in [-0.4, -0.2) is 26.3 Å². The van der Waals surface area contributed by atoms with E-state index in [1.165, 1.54) is 0 Å². The molecule has 5 heteroatoms. The van der Waals surface area contributed by atoms with Crippen LogP contribution in [0.25, 0.3) is 5.65 Å². The van der Waals surface area contributed by atoms with Gasteiger partial charge in [0.1, 0.15) is 5.92 Å². The van der Waals surface area contributed by atoms with Gasteiger partial charge < -0.3 is 5.11 Å². The molecule has 0 radical (unpaired) electrons. The lowest BCUT2D eigenvalue weighted by Crippen LogP contribution is -2.05. The van der Waals surface area contributed by atoms with Gasteiger partial charge in [0.2, 0.25) is 0 Å². The smallest absolute Gasteiger partial charge is 0.155 e. The largest absolute Gasteiger partial charge is 0.395 e. The van der Waals surface area contributed by atoms with Gasteiger partial charge >= 0.3 is 0 Å². The molecule has 70 valence electrons. The summed E-state index contributed by atoms with van der Waals surface area (Å²) in [7, 11) is 0. The molecule has 2 aromatic rings. The van der Waals surface area contributed by atoms with Gasteiger partial charge in [0.05, 0.1) is 24.6 Å². The molecule has 2 aromatic heterocycles. The Balaban J connectivity index is 2.48. The molecule has 2 rings (SSSR count). The van der Waals surface area contributed by atoms with Crippen molar-refractivity contribution in [3.63, 3.8) is 0 Å². The molecule has 1 N–H and O–H groups in total. The minimum atomic E-state index is -0.560. The zero-order valence-electron chi connectivity index (χ0n) is 7.33. The molecule has 0 amide bonds. The molecule has 0 aromatic carbocycles. The Hall–Kier alpha value is -1.93. The summed E-state index contributed by atoms with van der Waals surface area (Å²) >= 11 is 0. The Bertz CT molecular complexity index is 485. The molecule has 0 saturated carbocycles. The molecule has 0 bridgehead atoms. The first-order valence-electron chi connectivity index (χ1n) is 4.16. The fraction of sp³-hybridized carbons (Fsp3) is 0.222. The van der Waals surface area contributed by atoms with E-state index in [-0.39, 0.29) is 6.61 Å². The summed E-state index contributed by atoms with van der Waals surface area (Å²) in [6.45, 7) is -0.214. The number of aliphatic hydroxyl groups is 1. The third kappa shape index (κ3) is 1.32. The number of nitriles is 1. The van der Waals surface area contributed by atoms with Gasteiger partial charge in [-0.2, -0.15) is 10.4 Å². The van der Waals surface area contributed by atoms with Crippen LogP contribution in [0.3, 0.4) is 0 Å². The molecule has 0 aliphatic carbocycles. The number of hydrogen-bond acceptors (Lipinski definition) is 4. The molecule has 1 unspecified atom stereocenters. The van der Waals surface area contributed by atoms with Crippen molar-refractivity contribution < 1.29 is 5.11 Å². The van der Waals surface area contributed by atoms with Crippen LogP contribution in [0.15, 0.2) is 24.5 Å². The van der Waals surface area contributed by atoms with E-state index in [4.69, 9.17) is 10.4 Å². The van der Waals surface area contributed by atoms with E-state index < -0.39 is 5.92 Å². The molecular formula is C9H8N4O. The lowest BCUT2D eigenvalue weighted by molar-refractivity contribution is 0.284. The Kier molecular flexibility index (Phi) is 2.13. The van der Waals surface area contributed by atoms with E-state index in [9.17, 15) is 0 Å². The number of fused-ring (bicyclic) bond motifs is 1. The van der Waals surface area contributed by atoms with Crippen LogP contribution >= 0.6 is 0 Å². The lowest BCUT2D eigenvalue weighted by Gasteiger charge is -2.04. The first kappa shape index (κ1) is 8.66. The second-order valence-corrected chi connectivity index (χ2v) is 2.85. The van der Waals surface area contributed by atoms with E-state index in [1.807, 2.05) is 6.07 Å². The Labute approximate surface area is 80.2 Å². The summed E-state index contributed by atoms with van der Waals surface area (Å²) < 4.78 is 1.61. The van der Waals surface area contributed by atoms with Crippen molar-refractivity contribution in [2.24, 2.45) is 0 Å². The van der Waals surface area contributed by atoms with Crippen LogP contribution in [0.5, 0.6) is 0 Å². The summed E-state index contributed by atoms with van der Waals surface area (Å²) in [5.41, 5.74) is 1.25. The third-order valence-corrected chi connectivity index (χ3v) is 1.97. The second kappa shape index (κ2) is 3.44. The standard InChI is InChI=1S/C9H8N4O/c10-5-7(6-14)8-2-4-13-9(12-8)1-3-11-13/h1-4,7,14H,6H2. The quantitative estimate of drug-likeness (QED) is 0.736. The predicted octanol–water partition coefficient (Wildman–Crippen LogP) is 0.329. The molecular weight excluding hydrogens is 180 g/mol. The topological polar surface area (TPSA) is 74.2 Å². The van der Waals surface area contributed by atoms with Crippen molar-refractivity contribution >= 4 is 5.65 Å². The molecule has 0 fully saturated rings. The Morgan fingerprint density at radius 1 is 1.57 bits per heavy atom. The minimum Gasteiger partial charge on any atom is -0.395 e. The van der Waals surface area contributed by atoms with E-state index in [1.54, 1.807) is 29.0 Å². The van der Waals surface area contributed by atoms with Crippen LogP contribution in [0, 0.1) is 11.3 Å². The fourth-order valence-corrected chi connectivity index (χ4v) is 1.22. The van der Waals surface area contributed by atoms with Gasteiger partial charge in [0.15, 0.2) is 5.65 Å². The zero-order chi connectivity index (χ0) is 9.97. The van der Waals surface area contributed by atoms with E-state index in [0.29, 0.717) is 11.3 Å². The molecule has 0 saturated heterocycles. The zero-order valence-corrected chi connectivity index (χ0v) is 7.33. The van der Waals surface area contributed by atoms with Gasteiger partial charge in [-0.15, -0.1) is 0 Å². The number of rotatable bonds is 2. The highest BCUT2D eigenvalue weighted by Crippen LogP contribution is 2.12. The summed E-state index contributed by atoms with van der Waals surface area (Å²) in [5, 5.41) is 21.6. The molecule has 14 heavy (non-hydrogen) atoms. The second-order valence-electron chi connectivity index (χ2n) is 2.85. The van der Waals surface area contributed by atoms with Gasteiger partial charge in [0, 0.05) is 12.3 Å². The van der Waals surface area contributed by atoms with Crippen molar-refractivity contribution in [1.29, 1.82) is 5.26 Å². The van der Waals surface area contributed by atoms with Crippen molar-refractivity contribution in [3.05, 3.63) is 30.2 Å². The number of aliphatic hydroxyl groups excluding tert-OH is 1. The molecule has 5 nitrogen and oxygen atoms in total. The van der Waals surface area contributed by atoms with Crippen LogP contribution in [0.4, 0.5) is 0 Å². The predicted molar refractivity (Wildman–Crippen MR) is 48.4 cm³/mol. The highest BCUT2D eigenvalue weighted by molar-refractivity contribution is 5.37. The van der Waals surface area contributed by atoms with Crippen LogP contribution in [0.1, 0.15) is 11.6 Å². The summed E-state index contributed by atoms with van der Waals surface area (Å²) in [4.78, 5) is 4.20. The highest BCUT2D eigenvalue weighted by Gasteiger charge is 2.10. The first-order chi connectivity index (χ1) is 6.85. The van der Waals surface area contributed by atoms with E-state index in [0.717, 1.165) is 0 Å². The van der Waals surface area contributed by atoms with Crippen LogP contribution in [-0.2, 0) is 0 Å². The number of aromatic nitrogens is 3. The van der Waals surface area contributed by atoms with E-state index in [2.05, 4.69) is 10.1 Å². The van der Waals surface area contributed by atoms with Crippen molar-refractivity contribution in [2.75, 3.05) is 6.61 Å². The normalized spacial score (nSPS) is 12.6. The van der Waals surface area contributed by atoms with Crippen molar-refractivity contribution in [1.82, 2.24) is 14.6 Å². The molecule has 0 spiro atoms. The van der Waals surface area contributed by atoms with Crippen LogP contribution < -0.4 is 0 Å². The van der Waals surface area contributed by atoms with Gasteiger partial charge in [-0.3, -0.25) is 0 Å². The SMILES string of the molecule is N#CC(CO)c1ccn2nccc2n1. The monoisotopic (exact) mass is 188 g/mol. The number of hydrogen-bond donors (Lipinski definition) is 1. The van der Waals surface area contributed by atoms with Crippen molar-refractivity contribution in [3.8, 4) is 6.07 Å². The summed E-state index contributed by atoms with van der Waals surface area (Å²) in [6, 6.07) is 5.41. The van der Waals surface area contributed by atoms with E-state index >= 15 is 0 Å². The van der Waals surface area contributed by atoms with Gasteiger partial charge in [-0.1, -0.05) is 0 Å². The molecule has 0 aliphatic heterocycles. The maximum atomic E-state index is 8.92. The van der Waals surface area contributed by atoms with Crippen molar-refractivity contribution in [2.45, 2.75) is 5.92 Å². The fourth-order valence-electron chi connectivity index (χ4n) is 1.22. The lowest BCUT2D eigenvalue weighted by atomic mass is 10.1. The molecule has 2 heterocycles.